The van der Waals surface area contributed by atoms with Gasteiger partial charge in [-0.1, -0.05) is 87.5 Å². The lowest BCUT2D eigenvalue weighted by molar-refractivity contribution is 0.299. The van der Waals surface area contributed by atoms with Gasteiger partial charge in [0.2, 0.25) is 0 Å². The zero-order valence-corrected chi connectivity index (χ0v) is 23.6. The summed E-state index contributed by atoms with van der Waals surface area (Å²) in [4.78, 5) is 4.43. The lowest BCUT2D eigenvalue weighted by Gasteiger charge is -2.43. The SMILES string of the molecule is CC(C)(C)[Si](OCCc1cncn1Cc1ccc(C#N)cc1I)(c1ccccc1)c1ccccc1. The third-order valence-electron chi connectivity index (χ3n) is 6.41. The van der Waals surface area contributed by atoms with Gasteiger partial charge in [-0.15, -0.1) is 0 Å². The summed E-state index contributed by atoms with van der Waals surface area (Å²) in [6.45, 7) is 8.24. The highest BCUT2D eigenvalue weighted by Crippen LogP contribution is 2.36. The highest BCUT2D eigenvalue weighted by molar-refractivity contribution is 14.1. The molecule has 6 heteroatoms. The summed E-state index contributed by atoms with van der Waals surface area (Å²) in [5.41, 5.74) is 3.00. The predicted molar refractivity (Wildman–Crippen MR) is 152 cm³/mol. The Bertz CT molecular complexity index is 1270. The molecule has 3 aromatic carbocycles. The van der Waals surface area contributed by atoms with Crippen LogP contribution in [0.4, 0.5) is 0 Å². The summed E-state index contributed by atoms with van der Waals surface area (Å²) in [6, 6.07) is 29.5. The van der Waals surface area contributed by atoms with Gasteiger partial charge in [0.25, 0.3) is 8.32 Å². The van der Waals surface area contributed by atoms with Crippen LogP contribution in [0.3, 0.4) is 0 Å². The number of aromatic nitrogens is 2. The van der Waals surface area contributed by atoms with Crippen LogP contribution in [0.1, 0.15) is 37.6 Å². The van der Waals surface area contributed by atoms with Crippen molar-refractivity contribution in [3.8, 4) is 6.07 Å². The first-order valence-electron chi connectivity index (χ1n) is 11.8. The van der Waals surface area contributed by atoms with Gasteiger partial charge in [0.05, 0.1) is 18.0 Å². The van der Waals surface area contributed by atoms with Crippen molar-refractivity contribution in [2.24, 2.45) is 0 Å². The van der Waals surface area contributed by atoms with Crippen molar-refractivity contribution in [2.45, 2.75) is 38.8 Å². The Morgan fingerprint density at radius 2 is 1.60 bits per heavy atom. The molecule has 0 aliphatic rings. The maximum absolute atomic E-state index is 9.16. The molecule has 0 amide bonds. The summed E-state index contributed by atoms with van der Waals surface area (Å²) in [5, 5.41) is 11.7. The molecule has 1 aromatic heterocycles. The molecule has 0 saturated heterocycles. The molecule has 178 valence electrons. The van der Waals surface area contributed by atoms with E-state index in [1.165, 1.54) is 15.9 Å². The second-order valence-electron chi connectivity index (χ2n) is 9.69. The second kappa shape index (κ2) is 10.9. The Balaban J connectivity index is 1.59. The normalized spacial score (nSPS) is 11.9. The third kappa shape index (κ3) is 5.42. The highest BCUT2D eigenvalue weighted by Gasteiger charge is 2.50. The summed E-state index contributed by atoms with van der Waals surface area (Å²) >= 11 is 2.30. The molecular formula is C29H30IN3OSi. The van der Waals surface area contributed by atoms with E-state index in [-0.39, 0.29) is 5.04 Å². The van der Waals surface area contributed by atoms with Crippen LogP contribution < -0.4 is 10.4 Å². The van der Waals surface area contributed by atoms with E-state index in [1.807, 2.05) is 30.7 Å². The van der Waals surface area contributed by atoms with Crippen molar-refractivity contribution in [2.75, 3.05) is 6.61 Å². The molecule has 0 atom stereocenters. The van der Waals surface area contributed by atoms with Gasteiger partial charge >= 0.3 is 0 Å². The van der Waals surface area contributed by atoms with Crippen LogP contribution in [0.5, 0.6) is 0 Å². The van der Waals surface area contributed by atoms with Crippen LogP contribution in [0.15, 0.2) is 91.4 Å². The first-order valence-corrected chi connectivity index (χ1v) is 14.8. The Morgan fingerprint density at radius 1 is 0.971 bits per heavy atom. The van der Waals surface area contributed by atoms with Crippen molar-refractivity contribution >= 4 is 41.3 Å². The lowest BCUT2D eigenvalue weighted by atomic mass is 10.1. The smallest absolute Gasteiger partial charge is 0.261 e. The maximum atomic E-state index is 9.16. The number of nitrogens with zero attached hydrogens (tertiary/aromatic N) is 3. The summed E-state index contributed by atoms with van der Waals surface area (Å²) in [7, 11) is -2.56. The molecule has 0 saturated carbocycles. The van der Waals surface area contributed by atoms with Crippen LogP contribution in [0.2, 0.25) is 5.04 Å². The number of benzene rings is 3. The Kier molecular flexibility index (Phi) is 7.90. The summed E-state index contributed by atoms with van der Waals surface area (Å²) in [5.74, 6) is 0. The average molecular weight is 592 g/mol. The predicted octanol–water partition coefficient (Wildman–Crippen LogP) is 5.53. The molecule has 0 radical (unpaired) electrons. The third-order valence-corrected chi connectivity index (χ3v) is 12.5. The van der Waals surface area contributed by atoms with Crippen molar-refractivity contribution in [3.63, 3.8) is 0 Å². The molecule has 0 unspecified atom stereocenters. The van der Waals surface area contributed by atoms with E-state index in [0.717, 1.165) is 22.2 Å². The molecule has 0 bridgehead atoms. The van der Waals surface area contributed by atoms with Crippen molar-refractivity contribution < 1.29 is 4.43 Å². The Hall–Kier alpha value is -2.73. The van der Waals surface area contributed by atoms with Gasteiger partial charge < -0.3 is 8.99 Å². The van der Waals surface area contributed by atoms with Crippen molar-refractivity contribution in [1.29, 1.82) is 5.26 Å². The van der Waals surface area contributed by atoms with Gasteiger partial charge in [-0.3, -0.25) is 0 Å². The number of hydrogen-bond donors (Lipinski definition) is 0. The molecule has 0 fully saturated rings. The topological polar surface area (TPSA) is 50.8 Å². The Labute approximate surface area is 222 Å². The summed E-state index contributed by atoms with van der Waals surface area (Å²) < 4.78 is 10.3. The standard InChI is InChI=1S/C29H30IN3OSi/c1-29(2,3)35(26-10-6-4-7-11-26,27-12-8-5-9-13-27)34-17-16-25-20-32-22-33(25)21-24-15-14-23(19-31)18-28(24)30/h4-15,18,20,22H,16-17,21H2,1-3H3. The molecule has 1 heterocycles. The molecule has 4 nitrogen and oxygen atoms in total. The van der Waals surface area contributed by atoms with Crippen LogP contribution in [0, 0.1) is 14.9 Å². The molecule has 0 N–H and O–H groups in total. The largest absolute Gasteiger partial charge is 0.407 e. The minimum Gasteiger partial charge on any atom is -0.407 e. The van der Waals surface area contributed by atoms with Gasteiger partial charge in [0.15, 0.2) is 0 Å². The van der Waals surface area contributed by atoms with E-state index >= 15 is 0 Å². The van der Waals surface area contributed by atoms with E-state index < -0.39 is 8.32 Å². The van der Waals surface area contributed by atoms with E-state index in [1.54, 1.807) is 0 Å². The average Bonchev–Trinajstić information content (AvgIpc) is 3.30. The van der Waals surface area contributed by atoms with Crippen LogP contribution >= 0.6 is 22.6 Å². The van der Waals surface area contributed by atoms with Crippen LogP contribution in [-0.2, 0) is 17.4 Å². The van der Waals surface area contributed by atoms with E-state index in [2.05, 4.69) is 120 Å². The van der Waals surface area contributed by atoms with Gasteiger partial charge in [-0.2, -0.15) is 5.26 Å². The first-order chi connectivity index (χ1) is 16.8. The lowest BCUT2D eigenvalue weighted by Crippen LogP contribution is -2.66. The van der Waals surface area contributed by atoms with E-state index in [9.17, 15) is 0 Å². The fourth-order valence-electron chi connectivity index (χ4n) is 4.70. The summed E-state index contributed by atoms with van der Waals surface area (Å²) in [6.07, 6.45) is 4.59. The number of imidazole rings is 1. The van der Waals surface area contributed by atoms with Crippen LogP contribution in [-0.4, -0.2) is 24.5 Å². The molecule has 4 aromatic rings. The van der Waals surface area contributed by atoms with E-state index in [0.29, 0.717) is 12.2 Å². The van der Waals surface area contributed by atoms with Crippen molar-refractivity contribution in [1.82, 2.24) is 9.55 Å². The van der Waals surface area contributed by atoms with Crippen LogP contribution in [0.25, 0.3) is 0 Å². The number of halogens is 1. The fourth-order valence-corrected chi connectivity index (χ4v) is 9.95. The molecule has 0 spiro atoms. The molecule has 0 aliphatic carbocycles. The first kappa shape index (κ1) is 25.4. The van der Waals surface area contributed by atoms with E-state index in [4.69, 9.17) is 9.69 Å². The molecule has 0 aliphatic heterocycles. The highest BCUT2D eigenvalue weighted by atomic mass is 127. The number of rotatable bonds is 8. The monoisotopic (exact) mass is 591 g/mol. The second-order valence-corrected chi connectivity index (χ2v) is 15.2. The fraction of sp³-hybridized carbons (Fsp3) is 0.241. The quantitative estimate of drug-likeness (QED) is 0.200. The maximum Gasteiger partial charge on any atom is 0.261 e. The van der Waals surface area contributed by atoms with Gasteiger partial charge in [-0.25, -0.2) is 4.98 Å². The Morgan fingerprint density at radius 3 is 2.14 bits per heavy atom. The van der Waals surface area contributed by atoms with Gasteiger partial charge in [-0.05, 0) is 55.7 Å². The van der Waals surface area contributed by atoms with Crippen molar-refractivity contribution in [3.05, 3.63) is 112 Å². The number of hydrogen-bond acceptors (Lipinski definition) is 3. The minimum atomic E-state index is -2.56. The van der Waals surface area contributed by atoms with Gasteiger partial charge in [0.1, 0.15) is 0 Å². The molecule has 35 heavy (non-hydrogen) atoms. The molecular weight excluding hydrogens is 561 g/mol. The zero-order chi connectivity index (χ0) is 24.9. The zero-order valence-electron chi connectivity index (χ0n) is 20.4. The van der Waals surface area contributed by atoms with Gasteiger partial charge in [0, 0.05) is 35.0 Å². The minimum absolute atomic E-state index is 0.0471. The number of nitriles is 1. The molecule has 4 rings (SSSR count).